The van der Waals surface area contributed by atoms with Crippen molar-refractivity contribution in [2.24, 2.45) is 0 Å². The molecule has 1 heterocycles. The quantitative estimate of drug-likeness (QED) is 0.790. The van der Waals surface area contributed by atoms with Crippen LogP contribution in [0.2, 0.25) is 0 Å². The zero-order valence-electron chi connectivity index (χ0n) is 12.4. The molecule has 1 aromatic heterocycles. The van der Waals surface area contributed by atoms with E-state index in [1.165, 1.54) is 6.26 Å². The molecule has 0 spiro atoms. The third-order valence-electron chi connectivity index (χ3n) is 2.79. The molecule has 0 aliphatic carbocycles. The Labute approximate surface area is 119 Å². The maximum atomic E-state index is 11.8. The molecule has 0 aliphatic heterocycles. The molecule has 0 saturated carbocycles. The molecule has 0 atom stereocenters. The van der Waals surface area contributed by atoms with Gasteiger partial charge in [-0.05, 0) is 12.8 Å². The first kappa shape index (κ1) is 16.2. The van der Waals surface area contributed by atoms with Crippen molar-refractivity contribution in [2.45, 2.75) is 46.6 Å². The molecular formula is C14H23N3O3. The molecule has 6 nitrogen and oxygen atoms in total. The zero-order valence-corrected chi connectivity index (χ0v) is 12.4. The minimum Gasteiger partial charge on any atom is -0.446 e. The van der Waals surface area contributed by atoms with Crippen molar-refractivity contribution in [2.75, 3.05) is 13.1 Å². The summed E-state index contributed by atoms with van der Waals surface area (Å²) in [6, 6.07) is 0. The summed E-state index contributed by atoms with van der Waals surface area (Å²) in [5.74, 6) is 0.203. The van der Waals surface area contributed by atoms with Crippen LogP contribution in [0.25, 0.3) is 0 Å². The van der Waals surface area contributed by atoms with Crippen LogP contribution in [0.3, 0.4) is 0 Å². The first-order valence-corrected chi connectivity index (χ1v) is 7.12. The van der Waals surface area contributed by atoms with Gasteiger partial charge in [0.05, 0.1) is 6.54 Å². The van der Waals surface area contributed by atoms with E-state index in [1.807, 2.05) is 20.8 Å². The largest absolute Gasteiger partial charge is 0.446 e. The van der Waals surface area contributed by atoms with E-state index in [1.54, 1.807) is 4.90 Å². The zero-order chi connectivity index (χ0) is 15.0. The summed E-state index contributed by atoms with van der Waals surface area (Å²) in [7, 11) is 0. The summed E-state index contributed by atoms with van der Waals surface area (Å²) in [4.78, 5) is 29.3. The molecule has 1 rings (SSSR count). The van der Waals surface area contributed by atoms with Gasteiger partial charge in [-0.25, -0.2) is 4.98 Å². The highest BCUT2D eigenvalue weighted by molar-refractivity contribution is 5.91. The number of nitrogens with zero attached hydrogens (tertiary/aromatic N) is 2. The Morgan fingerprint density at radius 1 is 1.30 bits per heavy atom. The molecule has 1 aromatic rings. The summed E-state index contributed by atoms with van der Waals surface area (Å²) in [6.45, 7) is 7.39. The summed E-state index contributed by atoms with van der Waals surface area (Å²) in [6.07, 6.45) is 3.52. The lowest BCUT2D eigenvalue weighted by Crippen LogP contribution is -2.30. The van der Waals surface area contributed by atoms with Crippen LogP contribution in [0.5, 0.6) is 0 Å². The normalized spacial score (nSPS) is 10.3. The minimum atomic E-state index is -0.245. The lowest BCUT2D eigenvalue weighted by Gasteiger charge is -2.19. The predicted molar refractivity (Wildman–Crippen MR) is 75.1 cm³/mol. The second-order valence-electron chi connectivity index (χ2n) is 4.55. The fourth-order valence-corrected chi connectivity index (χ4v) is 1.77. The van der Waals surface area contributed by atoms with Crippen LogP contribution in [-0.2, 0) is 11.3 Å². The van der Waals surface area contributed by atoms with Crippen molar-refractivity contribution >= 4 is 11.8 Å². The van der Waals surface area contributed by atoms with Gasteiger partial charge in [-0.3, -0.25) is 9.59 Å². The summed E-state index contributed by atoms with van der Waals surface area (Å²) in [5, 5.41) is 2.73. The molecule has 0 saturated heterocycles. The number of nitrogens with one attached hydrogen (secondary N) is 1. The summed E-state index contributed by atoms with van der Waals surface area (Å²) in [5.41, 5.74) is 0.258. The van der Waals surface area contributed by atoms with Gasteiger partial charge in [0.2, 0.25) is 11.8 Å². The fraction of sp³-hybridized carbons (Fsp3) is 0.643. The van der Waals surface area contributed by atoms with E-state index in [4.69, 9.17) is 4.42 Å². The predicted octanol–water partition coefficient (Wildman–Crippen LogP) is 1.96. The fourth-order valence-electron chi connectivity index (χ4n) is 1.77. The van der Waals surface area contributed by atoms with Gasteiger partial charge < -0.3 is 14.6 Å². The van der Waals surface area contributed by atoms with E-state index >= 15 is 0 Å². The number of amides is 2. The standard InChI is InChI=1S/C14H23N3O3/c1-4-7-15-14(19)11-10-20-12(16-11)9-17(8-5-2)13(18)6-3/h10H,4-9H2,1-3H3,(H,15,19). The van der Waals surface area contributed by atoms with Crippen molar-refractivity contribution in [3.8, 4) is 0 Å². The number of oxazole rings is 1. The molecule has 0 aliphatic rings. The molecule has 0 fully saturated rings. The molecule has 0 aromatic carbocycles. The van der Waals surface area contributed by atoms with E-state index in [2.05, 4.69) is 10.3 Å². The molecule has 0 unspecified atom stereocenters. The van der Waals surface area contributed by atoms with Crippen LogP contribution in [0.1, 0.15) is 56.4 Å². The molecule has 6 heteroatoms. The van der Waals surface area contributed by atoms with Gasteiger partial charge in [-0.2, -0.15) is 0 Å². The lowest BCUT2D eigenvalue weighted by atomic mass is 10.3. The van der Waals surface area contributed by atoms with Gasteiger partial charge in [-0.15, -0.1) is 0 Å². The van der Waals surface area contributed by atoms with Gasteiger partial charge in [0.1, 0.15) is 6.26 Å². The van der Waals surface area contributed by atoms with Gasteiger partial charge in [0, 0.05) is 19.5 Å². The molecule has 2 amide bonds. The minimum absolute atomic E-state index is 0.0574. The van der Waals surface area contributed by atoms with Crippen LogP contribution >= 0.6 is 0 Å². The lowest BCUT2D eigenvalue weighted by molar-refractivity contribution is -0.131. The van der Waals surface area contributed by atoms with Crippen molar-refractivity contribution < 1.29 is 14.0 Å². The third kappa shape index (κ3) is 4.68. The number of carbonyl (C=O) groups is 2. The molecule has 0 bridgehead atoms. The Morgan fingerprint density at radius 3 is 2.65 bits per heavy atom. The number of hydrogen-bond acceptors (Lipinski definition) is 4. The molecule has 112 valence electrons. The number of hydrogen-bond donors (Lipinski definition) is 1. The first-order valence-electron chi connectivity index (χ1n) is 7.12. The maximum absolute atomic E-state index is 11.8. The summed E-state index contributed by atoms with van der Waals surface area (Å²) >= 11 is 0. The topological polar surface area (TPSA) is 75.4 Å². The second-order valence-corrected chi connectivity index (χ2v) is 4.55. The Morgan fingerprint density at radius 2 is 2.05 bits per heavy atom. The van der Waals surface area contributed by atoms with Crippen LogP contribution in [0.4, 0.5) is 0 Å². The van der Waals surface area contributed by atoms with Crippen molar-refractivity contribution in [3.05, 3.63) is 17.8 Å². The third-order valence-corrected chi connectivity index (χ3v) is 2.79. The monoisotopic (exact) mass is 281 g/mol. The highest BCUT2D eigenvalue weighted by Crippen LogP contribution is 2.08. The van der Waals surface area contributed by atoms with Crippen molar-refractivity contribution in [1.82, 2.24) is 15.2 Å². The highest BCUT2D eigenvalue weighted by atomic mass is 16.3. The number of carbonyl (C=O) groups excluding carboxylic acids is 2. The van der Waals surface area contributed by atoms with E-state index < -0.39 is 0 Å². The van der Waals surface area contributed by atoms with Gasteiger partial charge >= 0.3 is 0 Å². The SMILES string of the molecule is CCCNC(=O)c1coc(CN(CCC)C(=O)CC)n1. The van der Waals surface area contributed by atoms with E-state index in [-0.39, 0.29) is 17.5 Å². The van der Waals surface area contributed by atoms with Crippen LogP contribution in [0.15, 0.2) is 10.7 Å². The average molecular weight is 281 g/mol. The molecular weight excluding hydrogens is 258 g/mol. The Bertz CT molecular complexity index is 443. The summed E-state index contributed by atoms with van der Waals surface area (Å²) < 4.78 is 5.27. The van der Waals surface area contributed by atoms with Crippen LogP contribution in [-0.4, -0.2) is 34.8 Å². The van der Waals surface area contributed by atoms with E-state index in [0.717, 1.165) is 12.8 Å². The number of rotatable bonds is 8. The Hall–Kier alpha value is -1.85. The average Bonchev–Trinajstić information content (AvgIpc) is 2.92. The maximum Gasteiger partial charge on any atom is 0.273 e. The molecule has 1 N–H and O–H groups in total. The van der Waals surface area contributed by atoms with Crippen molar-refractivity contribution in [1.29, 1.82) is 0 Å². The smallest absolute Gasteiger partial charge is 0.273 e. The molecule has 20 heavy (non-hydrogen) atoms. The second kappa shape index (κ2) is 8.35. The molecule has 0 radical (unpaired) electrons. The van der Waals surface area contributed by atoms with E-state index in [0.29, 0.717) is 31.9 Å². The van der Waals surface area contributed by atoms with Gasteiger partial charge in [0.25, 0.3) is 5.91 Å². The van der Waals surface area contributed by atoms with Gasteiger partial charge in [0.15, 0.2) is 5.69 Å². The Balaban J connectivity index is 2.65. The van der Waals surface area contributed by atoms with Crippen molar-refractivity contribution in [3.63, 3.8) is 0 Å². The number of aromatic nitrogens is 1. The Kier molecular flexibility index (Phi) is 6.76. The van der Waals surface area contributed by atoms with Crippen LogP contribution < -0.4 is 5.32 Å². The van der Waals surface area contributed by atoms with E-state index in [9.17, 15) is 9.59 Å². The highest BCUT2D eigenvalue weighted by Gasteiger charge is 2.16. The first-order chi connectivity index (χ1) is 9.62. The van der Waals surface area contributed by atoms with Gasteiger partial charge in [-0.1, -0.05) is 20.8 Å². The van der Waals surface area contributed by atoms with Crippen LogP contribution in [0, 0.1) is 0 Å².